The van der Waals surface area contributed by atoms with Gasteiger partial charge in [-0.05, 0) is 30.1 Å². The van der Waals surface area contributed by atoms with Crippen LogP contribution in [0.1, 0.15) is 47.0 Å². The molecular formula is C10H20. The molecule has 10 heavy (non-hydrogen) atoms. The van der Waals surface area contributed by atoms with E-state index in [9.17, 15) is 0 Å². The maximum Gasteiger partial charge on any atom is -0.0272 e. The number of rotatable bonds is 3. The minimum absolute atomic E-state index is 0.772. The predicted molar refractivity (Wildman–Crippen MR) is 46.0 cm³/mol. The van der Waals surface area contributed by atoms with E-state index in [0.717, 1.165) is 17.3 Å². The molecule has 0 bridgehead atoms. The van der Waals surface area contributed by atoms with Crippen LogP contribution in [-0.4, -0.2) is 0 Å². The van der Waals surface area contributed by atoms with Crippen molar-refractivity contribution in [3.8, 4) is 0 Å². The molecule has 1 fully saturated rings. The molecule has 1 rings (SSSR count). The summed E-state index contributed by atoms with van der Waals surface area (Å²) in [6.07, 6.45) is 4.37. The summed E-state index contributed by atoms with van der Waals surface area (Å²) in [6.45, 7) is 9.45. The molecule has 0 radical (unpaired) electrons. The second-order valence-corrected chi connectivity index (χ2v) is 4.25. The van der Waals surface area contributed by atoms with Gasteiger partial charge < -0.3 is 0 Å². The Morgan fingerprint density at radius 2 is 1.70 bits per heavy atom. The fourth-order valence-electron chi connectivity index (χ4n) is 2.00. The van der Waals surface area contributed by atoms with E-state index in [0.29, 0.717) is 0 Å². The van der Waals surface area contributed by atoms with Gasteiger partial charge in [0.15, 0.2) is 0 Å². The van der Waals surface area contributed by atoms with E-state index in [-0.39, 0.29) is 0 Å². The van der Waals surface area contributed by atoms with Crippen molar-refractivity contribution >= 4 is 0 Å². The SMILES string of the molecule is CCC1(C(C)C(C)C)CC1. The molecule has 0 amide bonds. The molecule has 0 saturated heterocycles. The van der Waals surface area contributed by atoms with Gasteiger partial charge in [-0.1, -0.05) is 34.1 Å². The van der Waals surface area contributed by atoms with Crippen molar-refractivity contribution in [3.63, 3.8) is 0 Å². The van der Waals surface area contributed by atoms with Crippen LogP contribution in [0, 0.1) is 17.3 Å². The molecule has 60 valence electrons. The zero-order valence-electron chi connectivity index (χ0n) is 7.78. The van der Waals surface area contributed by atoms with Gasteiger partial charge in [0, 0.05) is 0 Å². The molecule has 0 N–H and O–H groups in total. The Kier molecular flexibility index (Phi) is 2.07. The Balaban J connectivity index is 2.47. The van der Waals surface area contributed by atoms with Crippen LogP contribution in [0.15, 0.2) is 0 Å². The molecule has 0 aromatic rings. The fourth-order valence-corrected chi connectivity index (χ4v) is 2.00. The van der Waals surface area contributed by atoms with Crippen molar-refractivity contribution in [1.82, 2.24) is 0 Å². The highest BCUT2D eigenvalue weighted by atomic mass is 14.5. The van der Waals surface area contributed by atoms with E-state index >= 15 is 0 Å². The third-order valence-corrected chi connectivity index (χ3v) is 3.56. The Bertz CT molecular complexity index is 109. The standard InChI is InChI=1S/C10H20/c1-5-10(6-7-10)9(4)8(2)3/h8-9H,5-7H2,1-4H3. The molecule has 0 aliphatic heterocycles. The molecule has 0 spiro atoms. The van der Waals surface area contributed by atoms with Gasteiger partial charge in [-0.3, -0.25) is 0 Å². The highest BCUT2D eigenvalue weighted by Gasteiger charge is 2.45. The topological polar surface area (TPSA) is 0 Å². The first kappa shape index (κ1) is 8.10. The summed E-state index contributed by atoms with van der Waals surface area (Å²) in [5.74, 6) is 1.82. The highest BCUT2D eigenvalue weighted by Crippen LogP contribution is 2.56. The van der Waals surface area contributed by atoms with Gasteiger partial charge in [0.25, 0.3) is 0 Å². The maximum absolute atomic E-state index is 2.42. The summed E-state index contributed by atoms with van der Waals surface area (Å²) in [5, 5.41) is 0. The quantitative estimate of drug-likeness (QED) is 0.563. The molecule has 0 heterocycles. The van der Waals surface area contributed by atoms with Crippen molar-refractivity contribution < 1.29 is 0 Å². The summed E-state index contributed by atoms with van der Waals surface area (Å²) in [6, 6.07) is 0. The second kappa shape index (κ2) is 2.56. The van der Waals surface area contributed by atoms with E-state index in [1.54, 1.807) is 0 Å². The van der Waals surface area contributed by atoms with Crippen molar-refractivity contribution in [2.24, 2.45) is 17.3 Å². The van der Waals surface area contributed by atoms with Gasteiger partial charge in [0.05, 0.1) is 0 Å². The number of hydrogen-bond donors (Lipinski definition) is 0. The first-order valence-corrected chi connectivity index (χ1v) is 4.62. The Hall–Kier alpha value is 0. The summed E-state index contributed by atoms with van der Waals surface area (Å²) >= 11 is 0. The van der Waals surface area contributed by atoms with Crippen LogP contribution < -0.4 is 0 Å². The lowest BCUT2D eigenvalue weighted by Crippen LogP contribution is -2.17. The van der Waals surface area contributed by atoms with Crippen LogP contribution in [-0.2, 0) is 0 Å². The van der Waals surface area contributed by atoms with Gasteiger partial charge in [0.1, 0.15) is 0 Å². The summed E-state index contributed by atoms with van der Waals surface area (Å²) < 4.78 is 0. The monoisotopic (exact) mass is 140 g/mol. The lowest BCUT2D eigenvalue weighted by atomic mass is 9.80. The molecule has 0 nitrogen and oxygen atoms in total. The van der Waals surface area contributed by atoms with Gasteiger partial charge in [0.2, 0.25) is 0 Å². The Morgan fingerprint density at radius 1 is 1.20 bits per heavy atom. The third-order valence-electron chi connectivity index (χ3n) is 3.56. The zero-order valence-corrected chi connectivity index (χ0v) is 7.78. The molecule has 0 aromatic heterocycles. The summed E-state index contributed by atoms with van der Waals surface area (Å²) in [4.78, 5) is 0. The molecule has 1 atom stereocenters. The van der Waals surface area contributed by atoms with Crippen LogP contribution in [0.2, 0.25) is 0 Å². The van der Waals surface area contributed by atoms with E-state index in [4.69, 9.17) is 0 Å². The fraction of sp³-hybridized carbons (Fsp3) is 1.00. The van der Waals surface area contributed by atoms with Gasteiger partial charge in [-0.2, -0.15) is 0 Å². The Morgan fingerprint density at radius 3 is 1.80 bits per heavy atom. The van der Waals surface area contributed by atoms with Crippen LogP contribution in [0.3, 0.4) is 0 Å². The van der Waals surface area contributed by atoms with Gasteiger partial charge in [-0.15, -0.1) is 0 Å². The van der Waals surface area contributed by atoms with Crippen molar-refractivity contribution in [2.75, 3.05) is 0 Å². The van der Waals surface area contributed by atoms with Crippen molar-refractivity contribution in [3.05, 3.63) is 0 Å². The highest BCUT2D eigenvalue weighted by molar-refractivity contribution is 4.96. The second-order valence-electron chi connectivity index (χ2n) is 4.25. The number of hydrogen-bond acceptors (Lipinski definition) is 0. The van der Waals surface area contributed by atoms with Crippen LogP contribution in [0.5, 0.6) is 0 Å². The minimum Gasteiger partial charge on any atom is -0.0648 e. The smallest absolute Gasteiger partial charge is 0.0272 e. The lowest BCUT2D eigenvalue weighted by molar-refractivity contribution is 0.246. The first-order chi connectivity index (χ1) is 4.62. The van der Waals surface area contributed by atoms with E-state index in [1.165, 1.54) is 19.3 Å². The van der Waals surface area contributed by atoms with Crippen LogP contribution in [0.4, 0.5) is 0 Å². The first-order valence-electron chi connectivity index (χ1n) is 4.62. The minimum atomic E-state index is 0.772. The Labute approximate surface area is 65.0 Å². The molecule has 0 aromatic carbocycles. The van der Waals surface area contributed by atoms with Crippen molar-refractivity contribution in [2.45, 2.75) is 47.0 Å². The molecule has 0 heteroatoms. The molecule has 1 aliphatic rings. The largest absolute Gasteiger partial charge is 0.0648 e. The lowest BCUT2D eigenvalue weighted by Gasteiger charge is -2.25. The van der Waals surface area contributed by atoms with Crippen LogP contribution >= 0.6 is 0 Å². The summed E-state index contributed by atoms with van der Waals surface area (Å²) in [7, 11) is 0. The average Bonchev–Trinajstić information content (AvgIpc) is 2.66. The normalized spacial score (nSPS) is 24.9. The zero-order chi connectivity index (χ0) is 7.78. The van der Waals surface area contributed by atoms with Crippen molar-refractivity contribution in [1.29, 1.82) is 0 Å². The molecule has 1 unspecified atom stereocenters. The molecular weight excluding hydrogens is 120 g/mol. The van der Waals surface area contributed by atoms with Crippen LogP contribution in [0.25, 0.3) is 0 Å². The maximum atomic E-state index is 2.42. The van der Waals surface area contributed by atoms with E-state index in [2.05, 4.69) is 27.7 Å². The van der Waals surface area contributed by atoms with Gasteiger partial charge >= 0.3 is 0 Å². The molecule has 1 aliphatic carbocycles. The average molecular weight is 140 g/mol. The van der Waals surface area contributed by atoms with Gasteiger partial charge in [-0.25, -0.2) is 0 Å². The predicted octanol–water partition coefficient (Wildman–Crippen LogP) is 3.47. The van der Waals surface area contributed by atoms with E-state index < -0.39 is 0 Å². The third kappa shape index (κ3) is 1.21. The van der Waals surface area contributed by atoms with E-state index in [1.807, 2.05) is 0 Å². The summed E-state index contributed by atoms with van der Waals surface area (Å²) in [5.41, 5.74) is 0.772. The molecule has 1 saturated carbocycles.